The Morgan fingerprint density at radius 2 is 1.91 bits per heavy atom. The van der Waals surface area contributed by atoms with Crippen molar-refractivity contribution in [1.82, 2.24) is 4.90 Å². The number of ether oxygens (including phenoxy) is 2. The number of methoxy groups -OCH3 is 1. The maximum absolute atomic E-state index is 12.6. The van der Waals surface area contributed by atoms with Gasteiger partial charge in [0.2, 0.25) is 5.91 Å². The number of nitro benzene ring substituents is 1. The quantitative estimate of drug-likeness (QED) is 0.156. The number of carbonyl (C=O) groups excluding carboxylic acids is 1. The Balaban J connectivity index is 1.79. The molecule has 1 saturated heterocycles. The van der Waals surface area contributed by atoms with Crippen molar-refractivity contribution >= 4 is 39.7 Å². The van der Waals surface area contributed by atoms with Crippen LogP contribution in [0.2, 0.25) is 0 Å². The lowest BCUT2D eigenvalue weighted by atomic mass is 10.0. The van der Waals surface area contributed by atoms with E-state index >= 15 is 0 Å². The molecule has 174 valence electrons. The second kappa shape index (κ2) is 11.2. The van der Waals surface area contributed by atoms with E-state index in [1.165, 1.54) is 17.0 Å². The minimum atomic E-state index is -1.29. The van der Waals surface area contributed by atoms with Crippen LogP contribution < -0.4 is 9.47 Å². The Hall–Kier alpha value is -3.11. The fourth-order valence-electron chi connectivity index (χ4n) is 3.51. The van der Waals surface area contributed by atoms with E-state index in [1.54, 1.807) is 49.6 Å². The number of rotatable bonds is 11. The number of hydrogen-bond donors (Lipinski definition) is 0. The first-order valence-corrected chi connectivity index (χ1v) is 12.0. The zero-order chi connectivity index (χ0) is 24.0. The van der Waals surface area contributed by atoms with Crippen LogP contribution in [-0.4, -0.2) is 49.3 Å². The SMILES string of the molecule is C=CCS(=O)C1CC(=O)N1C(CCc1ccc([N+](=O)[O-])cc1)C(=S)Oc1ccc(OC)cc1. The smallest absolute Gasteiger partial charge is 0.269 e. The largest absolute Gasteiger partial charge is 0.497 e. The highest BCUT2D eigenvalue weighted by Gasteiger charge is 2.45. The lowest BCUT2D eigenvalue weighted by Gasteiger charge is -2.44. The molecule has 10 heteroatoms. The molecule has 3 rings (SSSR count). The molecule has 3 atom stereocenters. The predicted octanol–water partition coefficient (Wildman–Crippen LogP) is 3.80. The number of thiocarbonyl (C=S) groups is 1. The molecule has 2 aromatic carbocycles. The molecule has 0 N–H and O–H groups in total. The maximum atomic E-state index is 12.6. The van der Waals surface area contributed by atoms with Crippen LogP contribution in [0.1, 0.15) is 18.4 Å². The molecule has 1 fully saturated rings. The van der Waals surface area contributed by atoms with Crippen LogP contribution in [0.3, 0.4) is 0 Å². The molecule has 1 aliphatic rings. The van der Waals surface area contributed by atoms with Crippen LogP contribution in [-0.2, 0) is 22.0 Å². The number of carbonyl (C=O) groups is 1. The second-order valence-electron chi connectivity index (χ2n) is 7.37. The molecule has 1 heterocycles. The first-order chi connectivity index (χ1) is 15.8. The molecule has 8 nitrogen and oxygen atoms in total. The highest BCUT2D eigenvalue weighted by atomic mass is 32.2. The number of non-ortho nitro benzene ring substituents is 1. The molecule has 33 heavy (non-hydrogen) atoms. The number of hydrogen-bond acceptors (Lipinski definition) is 7. The third-order valence-corrected chi connectivity index (χ3v) is 7.19. The van der Waals surface area contributed by atoms with Crippen LogP contribution in [0.4, 0.5) is 5.69 Å². The highest BCUT2D eigenvalue weighted by molar-refractivity contribution is 7.85. The summed E-state index contributed by atoms with van der Waals surface area (Å²) in [6, 6.07) is 12.5. The lowest BCUT2D eigenvalue weighted by Crippen LogP contribution is -2.62. The Morgan fingerprint density at radius 1 is 1.27 bits per heavy atom. The van der Waals surface area contributed by atoms with Gasteiger partial charge in [0.05, 0.1) is 18.5 Å². The zero-order valence-electron chi connectivity index (χ0n) is 18.0. The number of nitro groups is 1. The second-order valence-corrected chi connectivity index (χ2v) is 9.41. The topological polar surface area (TPSA) is 99.0 Å². The summed E-state index contributed by atoms with van der Waals surface area (Å²) in [7, 11) is 0.270. The summed E-state index contributed by atoms with van der Waals surface area (Å²) < 4.78 is 23.6. The van der Waals surface area contributed by atoms with Gasteiger partial charge >= 0.3 is 0 Å². The van der Waals surface area contributed by atoms with E-state index in [-0.39, 0.29) is 28.8 Å². The Bertz CT molecular complexity index is 1060. The van der Waals surface area contributed by atoms with Crippen molar-refractivity contribution < 1.29 is 23.4 Å². The number of aryl methyl sites for hydroxylation is 1. The fraction of sp³-hybridized carbons (Fsp3) is 0.304. The summed E-state index contributed by atoms with van der Waals surface area (Å²) >= 11 is 5.57. The lowest BCUT2D eigenvalue weighted by molar-refractivity contribution is -0.384. The van der Waals surface area contributed by atoms with E-state index in [1.807, 2.05) is 0 Å². The van der Waals surface area contributed by atoms with E-state index in [9.17, 15) is 19.1 Å². The summed E-state index contributed by atoms with van der Waals surface area (Å²) in [5, 5.41) is 10.6. The molecule has 1 amide bonds. The van der Waals surface area contributed by atoms with E-state index in [2.05, 4.69) is 6.58 Å². The Kier molecular flexibility index (Phi) is 8.29. The number of nitrogens with zero attached hydrogens (tertiary/aromatic N) is 2. The minimum Gasteiger partial charge on any atom is -0.497 e. The van der Waals surface area contributed by atoms with Gasteiger partial charge in [-0.15, -0.1) is 6.58 Å². The summed E-state index contributed by atoms with van der Waals surface area (Å²) in [5.74, 6) is 1.29. The first kappa shape index (κ1) is 24.5. The Morgan fingerprint density at radius 3 is 2.45 bits per heavy atom. The van der Waals surface area contributed by atoms with Crippen molar-refractivity contribution in [3.05, 3.63) is 76.9 Å². The van der Waals surface area contributed by atoms with Gasteiger partial charge in [-0.1, -0.05) is 18.2 Å². The third kappa shape index (κ3) is 6.02. The normalized spacial score (nSPS) is 16.9. The monoisotopic (exact) mass is 488 g/mol. The van der Waals surface area contributed by atoms with Gasteiger partial charge < -0.3 is 14.4 Å². The van der Waals surface area contributed by atoms with Crippen LogP contribution in [0.15, 0.2) is 61.2 Å². The summed E-state index contributed by atoms with van der Waals surface area (Å²) in [4.78, 5) is 24.5. The summed E-state index contributed by atoms with van der Waals surface area (Å²) in [5.41, 5.74) is 0.862. The maximum Gasteiger partial charge on any atom is 0.269 e. The summed E-state index contributed by atoms with van der Waals surface area (Å²) in [6.07, 6.45) is 2.66. The predicted molar refractivity (Wildman–Crippen MR) is 130 cm³/mol. The van der Waals surface area contributed by atoms with Gasteiger partial charge in [0.15, 0.2) is 5.05 Å². The molecule has 2 aromatic rings. The van der Waals surface area contributed by atoms with Crippen LogP contribution in [0, 0.1) is 10.1 Å². The molecule has 0 aromatic heterocycles. The van der Waals surface area contributed by atoms with Gasteiger partial charge in [-0.25, -0.2) is 0 Å². The standard InChI is InChI=1S/C23H24N2O6S2/c1-3-14-33(29)22-15-21(26)24(22)20(13-6-16-4-7-17(8-5-16)25(27)28)23(32)31-19-11-9-18(30-2)10-12-19/h3-5,7-12,20,22H,1,6,13-15H2,2H3. The van der Waals surface area contributed by atoms with Crippen LogP contribution in [0.25, 0.3) is 0 Å². The molecule has 1 aliphatic heterocycles. The van der Waals surface area contributed by atoms with Crippen molar-refractivity contribution in [2.75, 3.05) is 12.9 Å². The van der Waals surface area contributed by atoms with Crippen molar-refractivity contribution in [3.8, 4) is 11.5 Å². The van der Waals surface area contributed by atoms with Crippen molar-refractivity contribution in [2.24, 2.45) is 0 Å². The van der Waals surface area contributed by atoms with Gasteiger partial charge in [0, 0.05) is 28.7 Å². The highest BCUT2D eigenvalue weighted by Crippen LogP contribution is 2.30. The molecule has 0 bridgehead atoms. The summed E-state index contributed by atoms with van der Waals surface area (Å²) in [6.45, 7) is 3.63. The fourth-order valence-corrected chi connectivity index (χ4v) is 5.14. The molecule has 3 unspecified atom stereocenters. The van der Waals surface area contributed by atoms with Crippen molar-refractivity contribution in [2.45, 2.75) is 30.7 Å². The van der Waals surface area contributed by atoms with E-state index in [0.29, 0.717) is 24.3 Å². The minimum absolute atomic E-state index is 0.00599. The number of amides is 1. The van der Waals surface area contributed by atoms with Gasteiger partial charge in [-0.2, -0.15) is 0 Å². The number of likely N-dealkylation sites (tertiary alicyclic amines) is 1. The molecule has 0 spiro atoms. The van der Waals surface area contributed by atoms with E-state index < -0.39 is 27.1 Å². The number of benzene rings is 2. The van der Waals surface area contributed by atoms with Gasteiger partial charge in [-0.3, -0.25) is 19.1 Å². The van der Waals surface area contributed by atoms with Crippen LogP contribution in [0.5, 0.6) is 11.5 Å². The molecule has 0 radical (unpaired) electrons. The first-order valence-electron chi connectivity index (χ1n) is 10.2. The average molecular weight is 489 g/mol. The van der Waals surface area contributed by atoms with Gasteiger partial charge in [0.25, 0.3) is 5.69 Å². The molecular weight excluding hydrogens is 464 g/mol. The van der Waals surface area contributed by atoms with Crippen molar-refractivity contribution in [3.63, 3.8) is 0 Å². The van der Waals surface area contributed by atoms with Crippen LogP contribution >= 0.6 is 12.2 Å². The Labute approximate surface area is 199 Å². The molecular formula is C23H24N2O6S2. The van der Waals surface area contributed by atoms with Gasteiger partial charge in [-0.05, 0) is 54.9 Å². The van der Waals surface area contributed by atoms with Crippen molar-refractivity contribution in [1.29, 1.82) is 0 Å². The van der Waals surface area contributed by atoms with E-state index in [0.717, 1.165) is 5.56 Å². The van der Waals surface area contributed by atoms with Gasteiger partial charge in [0.1, 0.15) is 22.9 Å². The average Bonchev–Trinajstić information content (AvgIpc) is 2.80. The third-order valence-electron chi connectivity index (χ3n) is 5.27. The number of β-lactam (4-membered cyclic amide) rings is 1. The molecule has 0 aliphatic carbocycles. The zero-order valence-corrected chi connectivity index (χ0v) is 19.7. The van der Waals surface area contributed by atoms with E-state index in [4.69, 9.17) is 21.7 Å². The molecule has 0 saturated carbocycles.